The molecule has 0 aliphatic rings. The zero-order chi connectivity index (χ0) is 17.4. The maximum atomic E-state index is 11.9. The number of halogens is 1. The van der Waals surface area contributed by atoms with Crippen LogP contribution in [0.25, 0.3) is 0 Å². The quantitative estimate of drug-likeness (QED) is 0.722. The molecule has 0 aliphatic carbocycles. The van der Waals surface area contributed by atoms with Gasteiger partial charge in [-0.05, 0) is 42.3 Å². The molecule has 0 saturated carbocycles. The molecule has 126 valence electrons. The van der Waals surface area contributed by atoms with Gasteiger partial charge in [0, 0.05) is 29.9 Å². The summed E-state index contributed by atoms with van der Waals surface area (Å²) in [5.74, 6) is -0.229. The smallest absolute Gasteiger partial charge is 0.239 e. The Labute approximate surface area is 146 Å². The van der Waals surface area contributed by atoms with Gasteiger partial charge in [0.05, 0.1) is 6.54 Å². The number of benzene rings is 2. The Balaban J connectivity index is 1.74. The van der Waals surface area contributed by atoms with Gasteiger partial charge in [0.2, 0.25) is 11.8 Å². The molecule has 0 heterocycles. The number of hydrogen-bond donors (Lipinski definition) is 3. The van der Waals surface area contributed by atoms with Crippen molar-refractivity contribution < 1.29 is 9.59 Å². The van der Waals surface area contributed by atoms with Crippen LogP contribution in [0.1, 0.15) is 12.5 Å². The maximum absolute atomic E-state index is 11.9. The number of carbonyl (C=O) groups is 2. The number of nitrogens with one attached hydrogen (secondary N) is 3. The van der Waals surface area contributed by atoms with Crippen molar-refractivity contribution in [2.45, 2.75) is 13.3 Å². The van der Waals surface area contributed by atoms with E-state index in [0.717, 1.165) is 17.7 Å². The van der Waals surface area contributed by atoms with Gasteiger partial charge in [-0.25, -0.2) is 0 Å². The Hall–Kier alpha value is -2.53. The minimum Gasteiger partial charge on any atom is -0.376 e. The fourth-order valence-corrected chi connectivity index (χ4v) is 2.41. The molecule has 24 heavy (non-hydrogen) atoms. The third kappa shape index (κ3) is 6.30. The molecule has 0 fully saturated rings. The van der Waals surface area contributed by atoms with E-state index in [1.54, 1.807) is 12.1 Å². The highest BCUT2D eigenvalue weighted by Gasteiger charge is 2.03. The van der Waals surface area contributed by atoms with Crippen LogP contribution in [0.5, 0.6) is 0 Å². The molecule has 0 bridgehead atoms. The number of anilines is 2. The normalized spacial score (nSPS) is 10.1. The minimum atomic E-state index is -0.133. The van der Waals surface area contributed by atoms with Gasteiger partial charge in [0.25, 0.3) is 0 Å². The van der Waals surface area contributed by atoms with Gasteiger partial charge in [0.15, 0.2) is 0 Å². The van der Waals surface area contributed by atoms with Gasteiger partial charge >= 0.3 is 0 Å². The Morgan fingerprint density at radius 2 is 1.79 bits per heavy atom. The minimum absolute atomic E-state index is 0.0954. The Morgan fingerprint density at radius 3 is 2.54 bits per heavy atom. The average Bonchev–Trinajstić information content (AvgIpc) is 2.53. The maximum Gasteiger partial charge on any atom is 0.239 e. The van der Waals surface area contributed by atoms with E-state index in [1.165, 1.54) is 6.92 Å². The van der Waals surface area contributed by atoms with Crippen LogP contribution in [0.2, 0.25) is 5.02 Å². The summed E-state index contributed by atoms with van der Waals surface area (Å²) in [6, 6.07) is 14.8. The fourth-order valence-electron chi connectivity index (χ4n) is 2.19. The lowest BCUT2D eigenvalue weighted by Gasteiger charge is -2.09. The van der Waals surface area contributed by atoms with Crippen molar-refractivity contribution in [3.8, 4) is 0 Å². The Bertz CT molecular complexity index is 719. The summed E-state index contributed by atoms with van der Waals surface area (Å²) in [7, 11) is 0. The number of rotatable bonds is 7. The van der Waals surface area contributed by atoms with E-state index in [-0.39, 0.29) is 18.4 Å². The molecular weight excluding hydrogens is 326 g/mol. The fraction of sp³-hybridized carbons (Fsp3) is 0.222. The van der Waals surface area contributed by atoms with Gasteiger partial charge in [-0.1, -0.05) is 29.8 Å². The predicted octanol–water partition coefficient (Wildman–Crippen LogP) is 3.07. The highest BCUT2D eigenvalue weighted by atomic mass is 35.5. The summed E-state index contributed by atoms with van der Waals surface area (Å²) in [4.78, 5) is 22.9. The first-order chi connectivity index (χ1) is 11.5. The summed E-state index contributed by atoms with van der Waals surface area (Å²) < 4.78 is 0. The molecular formula is C18H20ClN3O2. The molecule has 5 nitrogen and oxygen atoms in total. The molecule has 0 aliphatic heterocycles. The van der Waals surface area contributed by atoms with Crippen LogP contribution in [-0.2, 0) is 16.0 Å². The predicted molar refractivity (Wildman–Crippen MR) is 97.4 cm³/mol. The second-order valence-corrected chi connectivity index (χ2v) is 5.78. The Kier molecular flexibility index (Phi) is 6.63. The monoisotopic (exact) mass is 345 g/mol. The van der Waals surface area contributed by atoms with Crippen LogP contribution < -0.4 is 16.0 Å². The zero-order valence-electron chi connectivity index (χ0n) is 13.4. The van der Waals surface area contributed by atoms with Gasteiger partial charge in [0.1, 0.15) is 0 Å². The molecule has 6 heteroatoms. The van der Waals surface area contributed by atoms with Crippen LogP contribution in [-0.4, -0.2) is 24.9 Å². The molecule has 0 aromatic heterocycles. The lowest BCUT2D eigenvalue weighted by atomic mass is 10.1. The summed E-state index contributed by atoms with van der Waals surface area (Å²) in [5.41, 5.74) is 2.54. The van der Waals surface area contributed by atoms with Gasteiger partial charge in [-0.2, -0.15) is 0 Å². The van der Waals surface area contributed by atoms with E-state index in [4.69, 9.17) is 11.6 Å². The van der Waals surface area contributed by atoms with Crippen LogP contribution in [0.4, 0.5) is 11.4 Å². The first-order valence-electron chi connectivity index (χ1n) is 7.65. The van der Waals surface area contributed by atoms with E-state index in [2.05, 4.69) is 16.0 Å². The van der Waals surface area contributed by atoms with E-state index < -0.39 is 0 Å². The number of amides is 2. The van der Waals surface area contributed by atoms with Crippen molar-refractivity contribution in [2.24, 2.45) is 0 Å². The van der Waals surface area contributed by atoms with Crippen molar-refractivity contribution in [3.63, 3.8) is 0 Å². The molecule has 2 amide bonds. The summed E-state index contributed by atoms with van der Waals surface area (Å²) in [6.07, 6.45) is 0.727. The van der Waals surface area contributed by atoms with Crippen LogP contribution >= 0.6 is 11.6 Å². The van der Waals surface area contributed by atoms with Crippen LogP contribution in [0, 0.1) is 0 Å². The standard InChI is InChI=1S/C18H20ClN3O2/c1-13(23)22-17-7-3-6-16(11-17)21-12-18(24)20-9-8-14-4-2-5-15(19)10-14/h2-7,10-11,21H,8-9,12H2,1H3,(H,20,24)(H,22,23). The third-order valence-corrected chi connectivity index (χ3v) is 3.50. The molecule has 0 saturated heterocycles. The second kappa shape index (κ2) is 8.93. The Morgan fingerprint density at radius 1 is 1.04 bits per heavy atom. The van der Waals surface area contributed by atoms with Gasteiger partial charge < -0.3 is 16.0 Å². The van der Waals surface area contributed by atoms with Gasteiger partial charge in [-0.3, -0.25) is 9.59 Å². The van der Waals surface area contributed by atoms with E-state index in [0.29, 0.717) is 17.3 Å². The lowest BCUT2D eigenvalue weighted by Crippen LogP contribution is -2.31. The van der Waals surface area contributed by atoms with Crippen molar-refractivity contribution in [3.05, 3.63) is 59.1 Å². The van der Waals surface area contributed by atoms with Crippen molar-refractivity contribution in [2.75, 3.05) is 23.7 Å². The zero-order valence-corrected chi connectivity index (χ0v) is 14.2. The molecule has 2 aromatic rings. The molecule has 0 radical (unpaired) electrons. The molecule has 3 N–H and O–H groups in total. The molecule has 2 aromatic carbocycles. The summed E-state index contributed by atoms with van der Waals surface area (Å²) in [6.45, 7) is 2.17. The van der Waals surface area contributed by atoms with Crippen molar-refractivity contribution in [1.29, 1.82) is 0 Å². The van der Waals surface area contributed by atoms with Crippen LogP contribution in [0.3, 0.4) is 0 Å². The van der Waals surface area contributed by atoms with E-state index in [9.17, 15) is 9.59 Å². The molecule has 0 unspecified atom stereocenters. The van der Waals surface area contributed by atoms with Crippen LogP contribution in [0.15, 0.2) is 48.5 Å². The first kappa shape index (κ1) is 17.8. The molecule has 0 atom stereocenters. The lowest BCUT2D eigenvalue weighted by molar-refractivity contribution is -0.119. The van der Waals surface area contributed by atoms with Crippen molar-refractivity contribution >= 4 is 34.8 Å². The molecule has 0 spiro atoms. The van der Waals surface area contributed by atoms with Crippen molar-refractivity contribution in [1.82, 2.24) is 5.32 Å². The van der Waals surface area contributed by atoms with E-state index >= 15 is 0 Å². The largest absolute Gasteiger partial charge is 0.376 e. The van der Waals surface area contributed by atoms with E-state index in [1.807, 2.05) is 36.4 Å². The number of hydrogen-bond acceptors (Lipinski definition) is 3. The number of carbonyl (C=O) groups excluding carboxylic acids is 2. The summed E-state index contributed by atoms with van der Waals surface area (Å²) >= 11 is 5.92. The second-order valence-electron chi connectivity index (χ2n) is 5.35. The van der Waals surface area contributed by atoms with Gasteiger partial charge in [-0.15, -0.1) is 0 Å². The third-order valence-electron chi connectivity index (χ3n) is 3.26. The SMILES string of the molecule is CC(=O)Nc1cccc(NCC(=O)NCCc2cccc(Cl)c2)c1. The topological polar surface area (TPSA) is 70.2 Å². The average molecular weight is 346 g/mol. The molecule has 2 rings (SSSR count). The first-order valence-corrected chi connectivity index (χ1v) is 8.03. The highest BCUT2D eigenvalue weighted by Crippen LogP contribution is 2.14. The summed E-state index contributed by atoms with van der Waals surface area (Å²) in [5, 5.41) is 9.28. The highest BCUT2D eigenvalue weighted by molar-refractivity contribution is 6.30.